The number of ether oxygens (including phenoxy) is 4. The van der Waals surface area contributed by atoms with Crippen molar-refractivity contribution >= 4 is 22.7 Å². The molecule has 10 nitrogen and oxygen atoms in total. The third-order valence-corrected chi connectivity index (χ3v) is 9.11. The third kappa shape index (κ3) is 5.04. The van der Waals surface area contributed by atoms with Crippen LogP contribution in [0, 0.1) is 17.1 Å². The quantitative estimate of drug-likeness (QED) is 0.256. The van der Waals surface area contributed by atoms with Gasteiger partial charge in [-0.1, -0.05) is 6.07 Å². The number of fused-ring (bicyclic) bond motifs is 3. The van der Waals surface area contributed by atoms with Crippen molar-refractivity contribution in [1.29, 1.82) is 5.26 Å². The molecule has 0 N–H and O–H groups in total. The van der Waals surface area contributed by atoms with Crippen LogP contribution in [-0.4, -0.2) is 65.9 Å². The normalized spacial score (nSPS) is 22.6. The highest BCUT2D eigenvalue weighted by molar-refractivity contribution is 5.93. The number of piperazine rings is 1. The minimum absolute atomic E-state index is 0.0423. The van der Waals surface area contributed by atoms with E-state index in [0.29, 0.717) is 36.2 Å². The highest BCUT2D eigenvalue weighted by Crippen LogP contribution is 2.52. The number of imidazole rings is 1. The minimum Gasteiger partial charge on any atom is -0.465 e. The molecule has 3 aliphatic rings. The molecular weight excluding hydrogens is 577 g/mol. The van der Waals surface area contributed by atoms with Gasteiger partial charge in [0.2, 0.25) is 0 Å². The number of benzene rings is 3. The van der Waals surface area contributed by atoms with Crippen LogP contribution in [0.4, 0.5) is 10.1 Å². The van der Waals surface area contributed by atoms with Gasteiger partial charge in [0.1, 0.15) is 11.6 Å². The molecule has 4 aromatic rings. The summed E-state index contributed by atoms with van der Waals surface area (Å²) in [6.07, 6.45) is 0.951. The van der Waals surface area contributed by atoms with E-state index in [9.17, 15) is 9.18 Å². The molecular formula is C34H34FN5O5. The van der Waals surface area contributed by atoms with E-state index in [1.54, 1.807) is 32.2 Å². The third-order valence-electron chi connectivity index (χ3n) is 9.11. The van der Waals surface area contributed by atoms with Gasteiger partial charge in [0, 0.05) is 39.2 Å². The van der Waals surface area contributed by atoms with Crippen LogP contribution in [0.1, 0.15) is 47.6 Å². The van der Waals surface area contributed by atoms with Crippen molar-refractivity contribution in [3.8, 4) is 17.6 Å². The van der Waals surface area contributed by atoms with Gasteiger partial charge in [-0.05, 0) is 61.9 Å². The number of rotatable bonds is 8. The van der Waals surface area contributed by atoms with Gasteiger partial charge in [0.15, 0.2) is 11.5 Å². The smallest absolute Gasteiger partial charge is 0.337 e. The maximum Gasteiger partial charge on any atom is 0.337 e. The number of nitriles is 1. The van der Waals surface area contributed by atoms with E-state index in [2.05, 4.69) is 14.4 Å². The van der Waals surface area contributed by atoms with Gasteiger partial charge in [-0.15, -0.1) is 0 Å². The number of anilines is 1. The molecule has 4 atom stereocenters. The van der Waals surface area contributed by atoms with E-state index in [1.807, 2.05) is 43.3 Å². The number of methoxy groups -OCH3 is 2. The molecule has 0 bridgehead atoms. The van der Waals surface area contributed by atoms with Crippen molar-refractivity contribution < 1.29 is 28.1 Å². The Morgan fingerprint density at radius 3 is 2.76 bits per heavy atom. The summed E-state index contributed by atoms with van der Waals surface area (Å²) in [5.41, 5.74) is 3.59. The second-order valence-electron chi connectivity index (χ2n) is 12.0. The Bertz CT molecular complexity index is 1850. The summed E-state index contributed by atoms with van der Waals surface area (Å²) in [6, 6.07) is 18.1. The van der Waals surface area contributed by atoms with Gasteiger partial charge in [0.05, 0.1) is 65.8 Å². The van der Waals surface area contributed by atoms with Gasteiger partial charge in [-0.3, -0.25) is 4.90 Å². The molecule has 7 rings (SSSR count). The molecule has 3 aromatic carbocycles. The largest absolute Gasteiger partial charge is 0.465 e. The molecule has 2 aliphatic heterocycles. The summed E-state index contributed by atoms with van der Waals surface area (Å²) in [4.78, 5) is 22.1. The van der Waals surface area contributed by atoms with Crippen LogP contribution in [0.2, 0.25) is 0 Å². The van der Waals surface area contributed by atoms with Gasteiger partial charge in [-0.2, -0.15) is 5.26 Å². The Morgan fingerprint density at radius 2 is 2.00 bits per heavy atom. The lowest BCUT2D eigenvalue weighted by atomic mass is 10.0. The number of hydrogen-bond donors (Lipinski definition) is 0. The Morgan fingerprint density at radius 1 is 1.16 bits per heavy atom. The number of para-hydroxylation sites is 1. The average molecular weight is 612 g/mol. The molecule has 0 amide bonds. The molecule has 2 fully saturated rings. The first-order chi connectivity index (χ1) is 21.7. The Labute approximate surface area is 260 Å². The number of hydrogen-bond acceptors (Lipinski definition) is 9. The molecule has 0 radical (unpaired) electrons. The van der Waals surface area contributed by atoms with E-state index in [0.717, 1.165) is 42.1 Å². The van der Waals surface area contributed by atoms with Gasteiger partial charge in [0.25, 0.3) is 5.79 Å². The summed E-state index contributed by atoms with van der Waals surface area (Å²) in [6.45, 7) is 6.56. The number of carbonyl (C=O) groups is 1. The topological polar surface area (TPSA) is 102 Å². The lowest BCUT2D eigenvalue weighted by Crippen LogP contribution is -2.46. The second kappa shape index (κ2) is 11.1. The maximum atomic E-state index is 15.0. The predicted molar refractivity (Wildman–Crippen MR) is 164 cm³/mol. The molecule has 1 aromatic heterocycles. The minimum atomic E-state index is -1.35. The van der Waals surface area contributed by atoms with E-state index < -0.39 is 11.6 Å². The summed E-state index contributed by atoms with van der Waals surface area (Å²) >= 11 is 0. The molecule has 1 saturated heterocycles. The van der Waals surface area contributed by atoms with E-state index >= 15 is 0 Å². The van der Waals surface area contributed by atoms with Crippen LogP contribution >= 0.6 is 0 Å². The Kier molecular flexibility index (Phi) is 7.14. The fraction of sp³-hybridized carbons (Fsp3) is 0.382. The Hall–Kier alpha value is -4.66. The summed E-state index contributed by atoms with van der Waals surface area (Å²) in [5, 5.41) is 9.15. The average Bonchev–Trinajstić information content (AvgIpc) is 3.68. The first-order valence-electron chi connectivity index (χ1n) is 15.0. The van der Waals surface area contributed by atoms with Crippen molar-refractivity contribution in [3.05, 3.63) is 82.9 Å². The highest BCUT2D eigenvalue weighted by Gasteiger charge is 2.51. The lowest BCUT2D eigenvalue weighted by Gasteiger charge is -2.36. The van der Waals surface area contributed by atoms with Crippen LogP contribution in [0.5, 0.6) is 11.5 Å². The van der Waals surface area contributed by atoms with E-state index in [1.165, 1.54) is 13.2 Å². The van der Waals surface area contributed by atoms with Crippen LogP contribution in [0.15, 0.2) is 54.6 Å². The van der Waals surface area contributed by atoms with Gasteiger partial charge >= 0.3 is 5.97 Å². The molecule has 4 unspecified atom stereocenters. The van der Waals surface area contributed by atoms with Crippen LogP contribution in [-0.2, 0) is 28.4 Å². The standard InChI is InChI=1S/C34H34FN5O5/c1-20(42-3)18-40-27-15-22(33(41)43-4)9-11-25(27)37-31(40)19-38-12-13-39(29-16-28(29)38)26-6-5-7-30-32(26)45-34(2,44-30)23-10-8-21(17-36)14-24(23)35/h5-11,14-15,20,28-29H,12-13,16,18-19H2,1-4H3. The maximum absolute atomic E-state index is 15.0. The predicted octanol–water partition coefficient (Wildman–Crippen LogP) is 4.98. The zero-order valence-corrected chi connectivity index (χ0v) is 25.6. The zero-order valence-electron chi connectivity index (χ0n) is 25.6. The number of nitrogens with zero attached hydrogens (tertiary/aromatic N) is 5. The molecule has 1 aliphatic carbocycles. The molecule has 0 spiro atoms. The number of esters is 1. The van der Waals surface area contributed by atoms with Crippen molar-refractivity contribution in [2.45, 2.75) is 57.3 Å². The van der Waals surface area contributed by atoms with Crippen LogP contribution < -0.4 is 14.4 Å². The number of halogens is 1. The summed E-state index contributed by atoms with van der Waals surface area (Å²) in [7, 11) is 3.07. The van der Waals surface area contributed by atoms with Crippen LogP contribution in [0.3, 0.4) is 0 Å². The fourth-order valence-corrected chi connectivity index (χ4v) is 6.62. The van der Waals surface area contributed by atoms with Crippen molar-refractivity contribution in [2.75, 3.05) is 32.2 Å². The van der Waals surface area contributed by atoms with E-state index in [4.69, 9.17) is 29.2 Å². The zero-order chi connectivity index (χ0) is 31.5. The first kappa shape index (κ1) is 29.1. The fourth-order valence-electron chi connectivity index (χ4n) is 6.62. The van der Waals surface area contributed by atoms with Gasteiger partial charge in [-0.25, -0.2) is 14.2 Å². The second-order valence-corrected chi connectivity index (χ2v) is 12.0. The number of aromatic nitrogens is 2. The first-order valence-corrected chi connectivity index (χ1v) is 15.0. The van der Waals surface area contributed by atoms with Gasteiger partial charge < -0.3 is 28.4 Å². The number of carbonyl (C=O) groups excluding carboxylic acids is 1. The summed E-state index contributed by atoms with van der Waals surface area (Å²) < 4.78 is 40.3. The molecule has 11 heteroatoms. The molecule has 1 saturated carbocycles. The van der Waals surface area contributed by atoms with Crippen molar-refractivity contribution in [3.63, 3.8) is 0 Å². The van der Waals surface area contributed by atoms with E-state index in [-0.39, 0.29) is 29.2 Å². The highest BCUT2D eigenvalue weighted by atomic mass is 19.1. The molecule has 45 heavy (non-hydrogen) atoms. The Balaban J connectivity index is 1.12. The summed E-state index contributed by atoms with van der Waals surface area (Å²) in [5.74, 6) is -0.202. The van der Waals surface area contributed by atoms with Crippen molar-refractivity contribution in [1.82, 2.24) is 14.5 Å². The van der Waals surface area contributed by atoms with Crippen molar-refractivity contribution in [2.24, 2.45) is 0 Å². The monoisotopic (exact) mass is 611 g/mol. The van der Waals surface area contributed by atoms with Crippen LogP contribution in [0.25, 0.3) is 11.0 Å². The molecule has 3 heterocycles. The molecule has 232 valence electrons. The lowest BCUT2D eigenvalue weighted by molar-refractivity contribution is -0.0705. The SMILES string of the molecule is COC(=O)c1ccc2nc(CN3CCN(c4cccc5c4OC(C)(c4ccc(C#N)cc4F)O5)C4CC43)n(CC(C)OC)c2c1.